The Morgan fingerprint density at radius 1 is 1.42 bits per heavy atom. The Labute approximate surface area is 117 Å². The topological polar surface area (TPSA) is 57.9 Å². The van der Waals surface area contributed by atoms with Crippen LogP contribution in [0.15, 0.2) is 24.3 Å². The molecule has 4 heteroatoms. The molecule has 2 unspecified atom stereocenters. The van der Waals surface area contributed by atoms with Gasteiger partial charge in [0.25, 0.3) is 0 Å². The minimum absolute atomic E-state index is 0.173. The van der Waals surface area contributed by atoms with E-state index in [2.05, 4.69) is 0 Å². The molecular formula is C15H14ClNO2. The first-order chi connectivity index (χ1) is 9.04. The van der Waals surface area contributed by atoms with Crippen LogP contribution in [0.1, 0.15) is 36.3 Å². The number of benzene rings is 1. The molecule has 0 bridgehead atoms. The van der Waals surface area contributed by atoms with E-state index in [0.717, 1.165) is 12.8 Å². The first-order valence-electron chi connectivity index (χ1n) is 6.26. The van der Waals surface area contributed by atoms with Crippen LogP contribution in [0.2, 0.25) is 0 Å². The number of hydrogen-bond donors (Lipinski definition) is 0. The molecule has 1 aliphatic rings. The van der Waals surface area contributed by atoms with Crippen LogP contribution < -0.4 is 0 Å². The predicted molar refractivity (Wildman–Crippen MR) is 71.7 cm³/mol. The first kappa shape index (κ1) is 13.8. The minimum atomic E-state index is -0.992. The molecule has 98 valence electrons. The van der Waals surface area contributed by atoms with Gasteiger partial charge in [0.1, 0.15) is 5.38 Å². The molecule has 1 fully saturated rings. The van der Waals surface area contributed by atoms with Crippen LogP contribution in [0, 0.1) is 23.2 Å². The Kier molecular flexibility index (Phi) is 4.01. The second-order valence-corrected chi connectivity index (χ2v) is 5.43. The molecule has 1 saturated carbocycles. The van der Waals surface area contributed by atoms with Crippen LogP contribution in [0.25, 0.3) is 0 Å². The third kappa shape index (κ3) is 2.69. The Hall–Kier alpha value is -1.66. The number of rotatable bonds is 4. The van der Waals surface area contributed by atoms with Crippen molar-refractivity contribution in [2.45, 2.75) is 25.1 Å². The normalized spacial score (nSPS) is 23.0. The quantitative estimate of drug-likeness (QED) is 0.627. The Morgan fingerprint density at radius 3 is 2.68 bits per heavy atom. The lowest BCUT2D eigenvalue weighted by atomic mass is 9.71. The zero-order chi connectivity index (χ0) is 14.0. The highest BCUT2D eigenvalue weighted by atomic mass is 35.5. The van der Waals surface area contributed by atoms with Gasteiger partial charge in [-0.3, -0.25) is 9.59 Å². The van der Waals surface area contributed by atoms with E-state index >= 15 is 0 Å². The summed E-state index contributed by atoms with van der Waals surface area (Å²) in [6.45, 7) is 1.97. The van der Waals surface area contributed by atoms with Gasteiger partial charge < -0.3 is 0 Å². The third-order valence-corrected chi connectivity index (χ3v) is 4.19. The lowest BCUT2D eigenvalue weighted by molar-refractivity contribution is -0.141. The maximum Gasteiger partial charge on any atom is 0.220 e. The van der Waals surface area contributed by atoms with Gasteiger partial charge in [-0.1, -0.05) is 19.1 Å². The molecule has 0 N–H and O–H groups in total. The summed E-state index contributed by atoms with van der Waals surface area (Å²) in [7, 11) is 0. The highest BCUT2D eigenvalue weighted by Crippen LogP contribution is 2.36. The van der Waals surface area contributed by atoms with Gasteiger partial charge in [-0.2, -0.15) is 5.26 Å². The number of ketones is 2. The zero-order valence-electron chi connectivity index (χ0n) is 10.6. The molecule has 0 radical (unpaired) electrons. The van der Waals surface area contributed by atoms with E-state index in [0.29, 0.717) is 11.1 Å². The molecule has 3 atom stereocenters. The van der Waals surface area contributed by atoms with Crippen LogP contribution in [-0.2, 0) is 9.59 Å². The van der Waals surface area contributed by atoms with Crippen LogP contribution in [-0.4, -0.2) is 11.6 Å². The monoisotopic (exact) mass is 275 g/mol. The molecule has 0 aliphatic heterocycles. The van der Waals surface area contributed by atoms with Crippen molar-refractivity contribution in [1.82, 2.24) is 0 Å². The fraction of sp³-hybridized carbons (Fsp3) is 0.400. The summed E-state index contributed by atoms with van der Waals surface area (Å²) < 4.78 is 0. The summed E-state index contributed by atoms with van der Waals surface area (Å²) in [4.78, 5) is 24.1. The fourth-order valence-electron chi connectivity index (χ4n) is 2.28. The van der Waals surface area contributed by atoms with Crippen LogP contribution >= 0.6 is 11.6 Å². The molecule has 0 heterocycles. The molecular weight excluding hydrogens is 262 g/mol. The summed E-state index contributed by atoms with van der Waals surface area (Å²) >= 11 is 6.07. The highest BCUT2D eigenvalue weighted by molar-refractivity contribution is 6.50. The Morgan fingerprint density at radius 2 is 2.16 bits per heavy atom. The second kappa shape index (κ2) is 5.54. The maximum absolute atomic E-state index is 12.1. The minimum Gasteiger partial charge on any atom is -0.290 e. The number of Topliss-reactive ketones (excluding diaryl/α,β-unsaturated/α-hetero) is 2. The summed E-state index contributed by atoms with van der Waals surface area (Å²) in [6.07, 6.45) is 1.76. The maximum atomic E-state index is 12.1. The molecule has 2 rings (SSSR count). The van der Waals surface area contributed by atoms with Gasteiger partial charge in [0, 0.05) is 5.92 Å². The molecule has 19 heavy (non-hydrogen) atoms. The third-order valence-electron chi connectivity index (χ3n) is 3.74. The van der Waals surface area contributed by atoms with Crippen LogP contribution in [0.3, 0.4) is 0 Å². The molecule has 0 spiro atoms. The number of alkyl halides is 1. The predicted octanol–water partition coefficient (Wildman–Crippen LogP) is 3.02. The van der Waals surface area contributed by atoms with E-state index < -0.39 is 11.2 Å². The molecule has 1 aromatic rings. The average molecular weight is 276 g/mol. The average Bonchev–Trinajstić information content (AvgIpc) is 2.43. The van der Waals surface area contributed by atoms with Crippen molar-refractivity contribution in [2.24, 2.45) is 11.8 Å². The van der Waals surface area contributed by atoms with Crippen LogP contribution in [0.5, 0.6) is 0 Å². The number of carbonyl (C=O) groups excluding carboxylic acids is 2. The smallest absolute Gasteiger partial charge is 0.220 e. The van der Waals surface area contributed by atoms with Crippen molar-refractivity contribution >= 4 is 23.2 Å². The first-order valence-corrected chi connectivity index (χ1v) is 6.70. The number of nitriles is 1. The second-order valence-electron chi connectivity index (χ2n) is 4.99. The largest absolute Gasteiger partial charge is 0.290 e. The van der Waals surface area contributed by atoms with Gasteiger partial charge in [0.2, 0.25) is 11.6 Å². The summed E-state index contributed by atoms with van der Waals surface area (Å²) in [6, 6.07) is 8.49. The standard InChI is InChI=1S/C15H14ClNO2/c1-9-5-6-12(9)14(18)15(19)13(16)11-4-2-3-10(7-11)8-17/h2-4,7,9,12-13H,5-6H2,1H3/t9-,12?,13?/m0/s1. The fourth-order valence-corrected chi connectivity index (χ4v) is 2.52. The molecule has 1 aliphatic carbocycles. The molecule has 1 aromatic carbocycles. The molecule has 3 nitrogen and oxygen atoms in total. The van der Waals surface area contributed by atoms with Gasteiger partial charge in [-0.05, 0) is 36.5 Å². The summed E-state index contributed by atoms with van der Waals surface area (Å²) in [5.41, 5.74) is 0.937. The number of carbonyl (C=O) groups is 2. The van der Waals surface area contributed by atoms with Crippen molar-refractivity contribution in [2.75, 3.05) is 0 Å². The Bertz CT molecular complexity index is 562. The highest BCUT2D eigenvalue weighted by Gasteiger charge is 2.38. The SMILES string of the molecule is C[C@H]1CCC1C(=O)C(=O)C(Cl)c1cccc(C#N)c1. The van der Waals surface area contributed by atoms with E-state index in [-0.39, 0.29) is 17.6 Å². The van der Waals surface area contributed by atoms with Crippen LogP contribution in [0.4, 0.5) is 0 Å². The van der Waals surface area contributed by atoms with E-state index in [1.165, 1.54) is 0 Å². The van der Waals surface area contributed by atoms with Crippen molar-refractivity contribution in [3.8, 4) is 6.07 Å². The van der Waals surface area contributed by atoms with Gasteiger partial charge >= 0.3 is 0 Å². The molecule has 0 amide bonds. The zero-order valence-corrected chi connectivity index (χ0v) is 11.4. The van der Waals surface area contributed by atoms with E-state index in [4.69, 9.17) is 16.9 Å². The summed E-state index contributed by atoms with van der Waals surface area (Å²) in [5, 5.41) is 7.82. The van der Waals surface area contributed by atoms with Crippen molar-refractivity contribution < 1.29 is 9.59 Å². The Balaban J connectivity index is 2.14. The van der Waals surface area contributed by atoms with E-state index in [1.54, 1.807) is 24.3 Å². The van der Waals surface area contributed by atoms with Gasteiger partial charge in [-0.15, -0.1) is 11.6 Å². The van der Waals surface area contributed by atoms with Gasteiger partial charge in [0.15, 0.2) is 0 Å². The van der Waals surface area contributed by atoms with Gasteiger partial charge in [-0.25, -0.2) is 0 Å². The lowest BCUT2D eigenvalue weighted by Crippen LogP contribution is -2.36. The molecule has 0 aromatic heterocycles. The molecule has 0 saturated heterocycles. The van der Waals surface area contributed by atoms with Crippen molar-refractivity contribution in [3.05, 3.63) is 35.4 Å². The lowest BCUT2D eigenvalue weighted by Gasteiger charge is -2.32. The van der Waals surface area contributed by atoms with E-state index in [1.807, 2.05) is 13.0 Å². The van der Waals surface area contributed by atoms with E-state index in [9.17, 15) is 9.59 Å². The number of nitrogens with zero attached hydrogens (tertiary/aromatic N) is 1. The van der Waals surface area contributed by atoms with Crippen molar-refractivity contribution in [1.29, 1.82) is 5.26 Å². The summed E-state index contributed by atoms with van der Waals surface area (Å²) in [5.74, 6) is -0.840. The van der Waals surface area contributed by atoms with Gasteiger partial charge in [0.05, 0.1) is 11.6 Å². The number of halogens is 1. The van der Waals surface area contributed by atoms with Crippen molar-refractivity contribution in [3.63, 3.8) is 0 Å². The number of hydrogen-bond acceptors (Lipinski definition) is 3.